The Morgan fingerprint density at radius 1 is 1.22 bits per heavy atom. The highest BCUT2D eigenvalue weighted by Crippen LogP contribution is 2.38. The zero-order valence-corrected chi connectivity index (χ0v) is 13.8. The number of rotatable bonds is 1. The van der Waals surface area contributed by atoms with Crippen molar-refractivity contribution in [2.24, 2.45) is 0 Å². The number of ether oxygens (including phenoxy) is 2. The Morgan fingerprint density at radius 2 is 2.04 bits per heavy atom. The Balaban J connectivity index is 1.60. The van der Waals surface area contributed by atoms with E-state index < -0.39 is 6.10 Å². The molecular weight excluding hydrogens is 334 g/mol. The van der Waals surface area contributed by atoms with Crippen molar-refractivity contribution in [3.63, 3.8) is 0 Å². The summed E-state index contributed by atoms with van der Waals surface area (Å²) in [6, 6.07) is 13.0. The smallest absolute Gasteiger partial charge is 0.271 e. The van der Waals surface area contributed by atoms with Crippen LogP contribution in [0.15, 0.2) is 47.4 Å². The monoisotopic (exact) mass is 347 g/mol. The lowest BCUT2D eigenvalue weighted by Gasteiger charge is -2.33. The molecule has 1 atom stereocenters. The summed E-state index contributed by atoms with van der Waals surface area (Å²) in [5, 5.41) is 0.621. The zero-order valence-electron chi connectivity index (χ0n) is 12.2. The fraction of sp³-hybridized carbons (Fsp3) is 0.235. The summed E-state index contributed by atoms with van der Waals surface area (Å²) < 4.78 is 11.5. The molecule has 2 aliphatic rings. The molecule has 0 aromatic heterocycles. The van der Waals surface area contributed by atoms with Gasteiger partial charge in [-0.05, 0) is 30.3 Å². The van der Waals surface area contributed by atoms with Gasteiger partial charge in [-0.3, -0.25) is 4.79 Å². The van der Waals surface area contributed by atoms with Gasteiger partial charge in [0.2, 0.25) is 6.10 Å². The number of para-hydroxylation sites is 2. The fourth-order valence-electron chi connectivity index (χ4n) is 2.73. The number of fused-ring (bicyclic) bond motifs is 2. The number of hydrogen-bond donors (Lipinski definition) is 0. The van der Waals surface area contributed by atoms with Gasteiger partial charge in [0.25, 0.3) is 5.91 Å². The zero-order chi connectivity index (χ0) is 15.8. The maximum atomic E-state index is 12.9. The first kappa shape index (κ1) is 14.7. The van der Waals surface area contributed by atoms with Gasteiger partial charge in [0.1, 0.15) is 6.61 Å². The van der Waals surface area contributed by atoms with Crippen molar-refractivity contribution in [1.82, 2.24) is 0 Å². The number of nitrogens with zero attached hydrogens (tertiary/aromatic N) is 1. The predicted octanol–water partition coefficient (Wildman–Crippen LogP) is 3.62. The average Bonchev–Trinajstić information content (AvgIpc) is 2.60. The van der Waals surface area contributed by atoms with Crippen LogP contribution in [-0.2, 0) is 4.79 Å². The molecule has 0 radical (unpaired) electrons. The number of thioether (sulfide) groups is 1. The van der Waals surface area contributed by atoms with Crippen LogP contribution in [0.5, 0.6) is 11.5 Å². The van der Waals surface area contributed by atoms with Crippen molar-refractivity contribution in [3.8, 4) is 11.5 Å². The number of amides is 1. The minimum absolute atomic E-state index is 0.0941. The summed E-state index contributed by atoms with van der Waals surface area (Å²) in [5.74, 6) is 2.04. The van der Waals surface area contributed by atoms with Crippen LogP contribution < -0.4 is 14.4 Å². The Kier molecular flexibility index (Phi) is 3.83. The van der Waals surface area contributed by atoms with Gasteiger partial charge >= 0.3 is 0 Å². The van der Waals surface area contributed by atoms with Crippen LogP contribution in [0.2, 0.25) is 5.02 Å². The lowest BCUT2D eigenvalue weighted by Crippen LogP contribution is -2.48. The van der Waals surface area contributed by atoms with Crippen molar-refractivity contribution < 1.29 is 14.3 Å². The summed E-state index contributed by atoms with van der Waals surface area (Å²) in [5.41, 5.74) is 0.848. The summed E-state index contributed by atoms with van der Waals surface area (Å²) in [7, 11) is 0. The van der Waals surface area contributed by atoms with E-state index >= 15 is 0 Å². The Morgan fingerprint density at radius 3 is 2.91 bits per heavy atom. The van der Waals surface area contributed by atoms with Crippen molar-refractivity contribution in [2.75, 3.05) is 23.8 Å². The normalized spacial score (nSPS) is 19.2. The second kappa shape index (κ2) is 5.98. The van der Waals surface area contributed by atoms with Gasteiger partial charge in [0.15, 0.2) is 11.5 Å². The van der Waals surface area contributed by atoms with Crippen molar-refractivity contribution >= 4 is 35.0 Å². The molecule has 23 heavy (non-hydrogen) atoms. The minimum atomic E-state index is -0.639. The third-order valence-electron chi connectivity index (χ3n) is 3.83. The SMILES string of the molecule is O=C([C@@H]1COc2ccccc2O1)N1CCSc2ccc(Cl)cc21. The largest absolute Gasteiger partial charge is 0.485 e. The third kappa shape index (κ3) is 2.75. The summed E-state index contributed by atoms with van der Waals surface area (Å²) in [6.45, 7) is 0.855. The minimum Gasteiger partial charge on any atom is -0.485 e. The van der Waals surface area contributed by atoms with E-state index in [1.807, 2.05) is 42.5 Å². The molecule has 2 heterocycles. The van der Waals surface area contributed by atoms with Gasteiger partial charge in [-0.1, -0.05) is 23.7 Å². The first-order valence-electron chi connectivity index (χ1n) is 7.34. The van der Waals surface area contributed by atoms with Crippen LogP contribution in [0.4, 0.5) is 5.69 Å². The standard InChI is InChI=1S/C17H14ClNO3S/c18-11-5-6-16-12(9-11)19(7-8-23-16)17(20)15-10-21-13-3-1-2-4-14(13)22-15/h1-6,9,15H,7-8,10H2/t15-/m0/s1. The molecule has 0 saturated heterocycles. The molecule has 0 fully saturated rings. The molecule has 118 valence electrons. The van der Waals surface area contributed by atoms with Gasteiger partial charge in [0, 0.05) is 22.2 Å². The van der Waals surface area contributed by atoms with Crippen LogP contribution in [0.1, 0.15) is 0 Å². The van der Waals surface area contributed by atoms with E-state index in [0.717, 1.165) is 16.3 Å². The predicted molar refractivity (Wildman–Crippen MR) is 90.9 cm³/mol. The van der Waals surface area contributed by atoms with Crippen molar-refractivity contribution in [3.05, 3.63) is 47.5 Å². The van der Waals surface area contributed by atoms with Gasteiger partial charge in [0.05, 0.1) is 5.69 Å². The molecule has 0 N–H and O–H groups in total. The number of benzene rings is 2. The second-order valence-corrected chi connectivity index (χ2v) is 6.89. The Labute approximate surface area is 143 Å². The molecule has 0 spiro atoms. The van der Waals surface area contributed by atoms with E-state index in [-0.39, 0.29) is 12.5 Å². The van der Waals surface area contributed by atoms with Crippen LogP contribution in [0.25, 0.3) is 0 Å². The van der Waals surface area contributed by atoms with E-state index in [0.29, 0.717) is 23.1 Å². The van der Waals surface area contributed by atoms with Crippen molar-refractivity contribution in [1.29, 1.82) is 0 Å². The van der Waals surface area contributed by atoms with Crippen LogP contribution in [0.3, 0.4) is 0 Å². The molecule has 1 amide bonds. The molecule has 0 bridgehead atoms. The van der Waals surface area contributed by atoms with E-state index in [2.05, 4.69) is 0 Å². The maximum absolute atomic E-state index is 12.9. The quantitative estimate of drug-likeness (QED) is 0.789. The van der Waals surface area contributed by atoms with Gasteiger partial charge in [-0.15, -0.1) is 11.8 Å². The summed E-state index contributed by atoms with van der Waals surface area (Å²) in [6.07, 6.45) is -0.639. The molecule has 2 aromatic rings. The number of carbonyl (C=O) groups is 1. The molecule has 2 aliphatic heterocycles. The maximum Gasteiger partial charge on any atom is 0.271 e. The van der Waals surface area contributed by atoms with E-state index in [4.69, 9.17) is 21.1 Å². The highest BCUT2D eigenvalue weighted by molar-refractivity contribution is 7.99. The Hall–Kier alpha value is -1.85. The number of carbonyl (C=O) groups excluding carboxylic acids is 1. The van der Waals surface area contributed by atoms with Crippen LogP contribution in [0, 0.1) is 0 Å². The molecule has 4 nitrogen and oxygen atoms in total. The first-order valence-corrected chi connectivity index (χ1v) is 8.71. The highest BCUT2D eigenvalue weighted by atomic mass is 35.5. The molecule has 0 aliphatic carbocycles. The van der Waals surface area contributed by atoms with E-state index in [1.54, 1.807) is 16.7 Å². The molecule has 4 rings (SSSR count). The highest BCUT2D eigenvalue weighted by Gasteiger charge is 2.33. The summed E-state index contributed by atoms with van der Waals surface area (Å²) >= 11 is 7.83. The van der Waals surface area contributed by atoms with Crippen molar-refractivity contribution in [2.45, 2.75) is 11.0 Å². The Bertz CT molecular complexity index is 767. The number of halogens is 1. The molecule has 2 aromatic carbocycles. The number of anilines is 1. The van der Waals surface area contributed by atoms with E-state index in [9.17, 15) is 4.79 Å². The lowest BCUT2D eigenvalue weighted by molar-refractivity contribution is -0.127. The fourth-order valence-corrected chi connectivity index (χ4v) is 3.88. The molecule has 0 saturated carbocycles. The molecular formula is C17H14ClNO3S. The van der Waals surface area contributed by atoms with Gasteiger partial charge < -0.3 is 14.4 Å². The topological polar surface area (TPSA) is 38.8 Å². The third-order valence-corrected chi connectivity index (χ3v) is 5.11. The average molecular weight is 348 g/mol. The lowest BCUT2D eigenvalue weighted by atomic mass is 10.2. The first-order chi connectivity index (χ1) is 11.2. The molecule has 0 unspecified atom stereocenters. The van der Waals surface area contributed by atoms with Gasteiger partial charge in [-0.25, -0.2) is 0 Å². The number of hydrogen-bond acceptors (Lipinski definition) is 4. The summed E-state index contributed by atoms with van der Waals surface area (Å²) in [4.78, 5) is 15.7. The van der Waals surface area contributed by atoms with Crippen LogP contribution in [-0.4, -0.2) is 30.9 Å². The van der Waals surface area contributed by atoms with E-state index in [1.165, 1.54) is 0 Å². The van der Waals surface area contributed by atoms with Crippen LogP contribution >= 0.6 is 23.4 Å². The second-order valence-electron chi connectivity index (χ2n) is 5.31. The van der Waals surface area contributed by atoms with Gasteiger partial charge in [-0.2, -0.15) is 0 Å². The molecule has 6 heteroatoms.